The predicted molar refractivity (Wildman–Crippen MR) is 95.9 cm³/mol. The molecule has 0 saturated carbocycles. The van der Waals surface area contributed by atoms with E-state index in [1.807, 2.05) is 0 Å². The van der Waals surface area contributed by atoms with Gasteiger partial charge in [0.2, 0.25) is 5.78 Å². The molecule has 1 aromatic carbocycles. The maximum Gasteiger partial charge on any atom is 0.416 e. The molecule has 0 saturated heterocycles. The summed E-state index contributed by atoms with van der Waals surface area (Å²) in [5.41, 5.74) is 3.55. The third kappa shape index (κ3) is 3.67. The number of nitrogens with one attached hydrogen (secondary N) is 1. The number of anilines is 1. The first-order chi connectivity index (χ1) is 12.1. The molecule has 6 nitrogen and oxygen atoms in total. The highest BCUT2D eigenvalue weighted by atomic mass is 35.5. The zero-order chi connectivity index (χ0) is 19.2. The van der Waals surface area contributed by atoms with Crippen LogP contribution in [0.3, 0.4) is 0 Å². The van der Waals surface area contributed by atoms with Gasteiger partial charge in [-0.25, -0.2) is 4.79 Å². The summed E-state index contributed by atoms with van der Waals surface area (Å²) in [5.74, 6) is -2.08. The van der Waals surface area contributed by atoms with Crippen LogP contribution in [0.5, 0.6) is 0 Å². The molecule has 0 bridgehead atoms. The highest BCUT2D eigenvalue weighted by Crippen LogP contribution is 2.34. The zero-order valence-corrected chi connectivity index (χ0v) is 14.7. The number of carboxylic acids is 1. The molecule has 2 heterocycles. The SMILES string of the molecule is Cl.Nc1c(C(=O)c2ccc(C(F)(F)F)cc2)sc2[nH]c(=O)c(C(=O)O)cc12. The fraction of sp³-hybridized carbons (Fsp3) is 0.0625. The summed E-state index contributed by atoms with van der Waals surface area (Å²) in [6.07, 6.45) is -4.52. The molecule has 0 unspecified atom stereocenters. The van der Waals surface area contributed by atoms with Gasteiger partial charge in [-0.2, -0.15) is 13.2 Å². The standard InChI is InChI=1S/C16H9F3N2O4S.ClH/c17-16(18,19)7-3-1-6(2-4-7)11(22)12-10(20)8-5-9(15(24)25)13(23)21-14(8)26-12;/h1-5H,20H2,(H,21,23)(H,24,25);1H. The monoisotopic (exact) mass is 418 g/mol. The van der Waals surface area contributed by atoms with Gasteiger partial charge in [0.1, 0.15) is 15.3 Å². The molecule has 142 valence electrons. The molecule has 0 radical (unpaired) electrons. The maximum absolute atomic E-state index is 12.6. The van der Waals surface area contributed by atoms with E-state index in [0.29, 0.717) is 0 Å². The number of aromatic amines is 1. The Morgan fingerprint density at radius 1 is 1.15 bits per heavy atom. The van der Waals surface area contributed by atoms with Gasteiger partial charge in [-0.05, 0) is 18.2 Å². The second-order valence-corrected chi connectivity index (χ2v) is 6.33. The third-order valence-electron chi connectivity index (χ3n) is 3.65. The molecule has 0 amide bonds. The molecule has 3 aromatic rings. The minimum absolute atomic E-state index is 0. The number of carbonyl (C=O) groups is 2. The molecule has 0 aliphatic carbocycles. The molecule has 2 aromatic heterocycles. The van der Waals surface area contributed by atoms with E-state index in [-0.39, 0.29) is 38.8 Å². The Morgan fingerprint density at radius 3 is 2.26 bits per heavy atom. The minimum atomic E-state index is -4.52. The highest BCUT2D eigenvalue weighted by Gasteiger charge is 2.30. The topological polar surface area (TPSA) is 113 Å². The smallest absolute Gasteiger partial charge is 0.416 e. The van der Waals surface area contributed by atoms with Crippen LogP contribution in [0.2, 0.25) is 0 Å². The largest absolute Gasteiger partial charge is 0.477 e. The van der Waals surface area contributed by atoms with Crippen molar-refractivity contribution in [2.45, 2.75) is 6.18 Å². The molecule has 0 fully saturated rings. The Balaban J connectivity index is 0.00000261. The van der Waals surface area contributed by atoms with Crippen molar-refractivity contribution in [3.05, 3.63) is 62.3 Å². The van der Waals surface area contributed by atoms with E-state index in [1.54, 1.807) is 0 Å². The molecular weight excluding hydrogens is 409 g/mol. The van der Waals surface area contributed by atoms with Crippen LogP contribution in [0.25, 0.3) is 10.2 Å². The summed E-state index contributed by atoms with van der Waals surface area (Å²) < 4.78 is 37.8. The fourth-order valence-corrected chi connectivity index (χ4v) is 3.40. The van der Waals surface area contributed by atoms with E-state index in [0.717, 1.165) is 41.7 Å². The van der Waals surface area contributed by atoms with E-state index in [1.165, 1.54) is 0 Å². The van der Waals surface area contributed by atoms with Crippen molar-refractivity contribution < 1.29 is 27.9 Å². The van der Waals surface area contributed by atoms with Crippen LogP contribution in [0.15, 0.2) is 35.1 Å². The first-order valence-corrected chi connectivity index (χ1v) is 7.82. The number of hydrogen-bond acceptors (Lipinski definition) is 5. The number of alkyl halides is 3. The van der Waals surface area contributed by atoms with Crippen molar-refractivity contribution in [1.29, 1.82) is 0 Å². The molecule has 27 heavy (non-hydrogen) atoms. The zero-order valence-electron chi connectivity index (χ0n) is 13.1. The van der Waals surface area contributed by atoms with Gasteiger partial charge in [0.15, 0.2) is 0 Å². The average Bonchev–Trinajstić information content (AvgIpc) is 2.88. The molecule has 0 spiro atoms. The van der Waals surface area contributed by atoms with Crippen molar-refractivity contribution in [1.82, 2.24) is 4.98 Å². The Hall–Kier alpha value is -2.85. The Kier molecular flexibility index (Phi) is 5.34. The first-order valence-electron chi connectivity index (χ1n) is 7.00. The number of pyridine rings is 1. The van der Waals surface area contributed by atoms with Gasteiger partial charge >= 0.3 is 12.1 Å². The number of fused-ring (bicyclic) bond motifs is 1. The Morgan fingerprint density at radius 2 is 1.74 bits per heavy atom. The van der Waals surface area contributed by atoms with Gasteiger partial charge in [-0.1, -0.05) is 12.1 Å². The lowest BCUT2D eigenvalue weighted by Gasteiger charge is -2.07. The molecule has 4 N–H and O–H groups in total. The number of aromatic nitrogens is 1. The normalized spacial score (nSPS) is 11.2. The Labute approximate surface area is 158 Å². The van der Waals surface area contributed by atoms with Gasteiger partial charge in [0.25, 0.3) is 5.56 Å². The fourth-order valence-electron chi connectivity index (χ4n) is 2.34. The molecule has 3 rings (SSSR count). The lowest BCUT2D eigenvalue weighted by molar-refractivity contribution is -0.137. The van der Waals surface area contributed by atoms with E-state index in [2.05, 4.69) is 4.98 Å². The van der Waals surface area contributed by atoms with Crippen LogP contribution in [0.4, 0.5) is 18.9 Å². The number of ketones is 1. The highest BCUT2D eigenvalue weighted by molar-refractivity contribution is 7.21. The van der Waals surface area contributed by atoms with Crippen LogP contribution in [-0.2, 0) is 6.18 Å². The number of halogens is 4. The van der Waals surface area contributed by atoms with Crippen molar-refractivity contribution in [3.63, 3.8) is 0 Å². The lowest BCUT2D eigenvalue weighted by Crippen LogP contribution is -2.16. The van der Waals surface area contributed by atoms with Crippen molar-refractivity contribution in [3.8, 4) is 0 Å². The number of aromatic carboxylic acids is 1. The van der Waals surface area contributed by atoms with Crippen molar-refractivity contribution in [2.75, 3.05) is 5.73 Å². The van der Waals surface area contributed by atoms with E-state index in [9.17, 15) is 27.6 Å². The predicted octanol–water partition coefficient (Wildman–Crippen LogP) is 3.54. The van der Waals surface area contributed by atoms with Crippen LogP contribution in [-0.4, -0.2) is 21.8 Å². The number of nitrogen functional groups attached to an aromatic ring is 1. The van der Waals surface area contributed by atoms with Gasteiger partial charge in [-0.3, -0.25) is 9.59 Å². The number of carboxylic acid groups (broad SMARTS) is 1. The van der Waals surface area contributed by atoms with Gasteiger partial charge in [0.05, 0.1) is 11.3 Å². The number of carbonyl (C=O) groups excluding carboxylic acids is 1. The summed E-state index contributed by atoms with van der Waals surface area (Å²) >= 11 is 0.826. The van der Waals surface area contributed by atoms with Crippen molar-refractivity contribution >= 4 is 51.4 Å². The van der Waals surface area contributed by atoms with Gasteiger partial charge in [0, 0.05) is 10.9 Å². The summed E-state index contributed by atoms with van der Waals surface area (Å²) in [7, 11) is 0. The van der Waals surface area contributed by atoms with E-state index in [4.69, 9.17) is 10.8 Å². The van der Waals surface area contributed by atoms with Gasteiger partial charge in [-0.15, -0.1) is 23.7 Å². The summed E-state index contributed by atoms with van der Waals surface area (Å²) in [6.45, 7) is 0. The maximum atomic E-state index is 12.6. The van der Waals surface area contributed by atoms with Crippen LogP contribution in [0.1, 0.15) is 31.2 Å². The molecule has 0 aliphatic heterocycles. The number of H-pyrrole nitrogens is 1. The van der Waals surface area contributed by atoms with E-state index >= 15 is 0 Å². The number of rotatable bonds is 3. The lowest BCUT2D eigenvalue weighted by atomic mass is 10.1. The van der Waals surface area contributed by atoms with Crippen LogP contribution in [0, 0.1) is 0 Å². The second kappa shape index (κ2) is 7.05. The van der Waals surface area contributed by atoms with Crippen LogP contribution < -0.4 is 11.3 Å². The molecular formula is C16H10ClF3N2O4S. The number of hydrogen-bond donors (Lipinski definition) is 3. The average molecular weight is 419 g/mol. The minimum Gasteiger partial charge on any atom is -0.477 e. The Bertz CT molecular complexity index is 1100. The number of nitrogens with two attached hydrogens (primary N) is 1. The van der Waals surface area contributed by atoms with Crippen LogP contribution >= 0.6 is 23.7 Å². The molecule has 0 atom stereocenters. The van der Waals surface area contributed by atoms with E-state index < -0.39 is 34.6 Å². The third-order valence-corrected chi connectivity index (χ3v) is 4.79. The number of thiophene rings is 1. The quantitative estimate of drug-likeness (QED) is 0.563. The molecule has 11 heteroatoms. The summed E-state index contributed by atoms with van der Waals surface area (Å²) in [4.78, 5) is 37.8. The van der Waals surface area contributed by atoms with Gasteiger partial charge < -0.3 is 15.8 Å². The summed E-state index contributed by atoms with van der Waals surface area (Å²) in [6, 6.07) is 4.68. The second-order valence-electron chi connectivity index (χ2n) is 5.31. The molecule has 0 aliphatic rings. The first kappa shape index (κ1) is 20.5. The van der Waals surface area contributed by atoms with Crippen molar-refractivity contribution in [2.24, 2.45) is 0 Å². The summed E-state index contributed by atoms with van der Waals surface area (Å²) in [5, 5.41) is 9.17. The number of benzene rings is 1.